The summed E-state index contributed by atoms with van der Waals surface area (Å²) in [6, 6.07) is 12.5. The Labute approximate surface area is 120 Å². The maximum absolute atomic E-state index is 10.8. The Balaban J connectivity index is 1.90. The minimum absolute atomic E-state index is 0.0498. The number of benzene rings is 2. The molecule has 0 unspecified atom stereocenters. The molecule has 108 valence electrons. The van der Waals surface area contributed by atoms with Crippen molar-refractivity contribution in [3.63, 3.8) is 0 Å². The quantitative estimate of drug-likeness (QED) is 0.651. The van der Waals surface area contributed by atoms with Gasteiger partial charge in [0, 0.05) is 18.6 Å². The van der Waals surface area contributed by atoms with E-state index in [1.54, 1.807) is 24.3 Å². The Kier molecular flexibility index (Phi) is 4.50. The maximum atomic E-state index is 10.8. The summed E-state index contributed by atoms with van der Waals surface area (Å²) in [5.74, 6) is -0.521. The predicted octanol–water partition coefficient (Wildman–Crippen LogP) is 2.91. The van der Waals surface area contributed by atoms with Crippen molar-refractivity contribution in [2.45, 2.75) is 6.42 Å². The van der Waals surface area contributed by atoms with Crippen molar-refractivity contribution in [1.29, 1.82) is 0 Å². The maximum Gasteiger partial charge on any atom is 0.335 e. The Morgan fingerprint density at radius 3 is 2.52 bits per heavy atom. The summed E-state index contributed by atoms with van der Waals surface area (Å²) in [6.07, 6.45) is 0.579. The molecule has 0 aliphatic carbocycles. The third-order valence-electron chi connectivity index (χ3n) is 2.89. The lowest BCUT2D eigenvalue weighted by Crippen LogP contribution is -2.03. The zero-order valence-electron chi connectivity index (χ0n) is 11.1. The standard InChI is InChI=1S/C15H13NO5/c17-15(18)12-2-1-3-14(10-12)21-9-8-11-4-6-13(7-5-11)16(19)20/h1-7,10H,8-9H2,(H,17,18). The van der Waals surface area contributed by atoms with Crippen molar-refractivity contribution in [2.75, 3.05) is 6.61 Å². The minimum Gasteiger partial charge on any atom is -0.493 e. The lowest BCUT2D eigenvalue weighted by Gasteiger charge is -2.07. The van der Waals surface area contributed by atoms with Gasteiger partial charge in [-0.15, -0.1) is 0 Å². The van der Waals surface area contributed by atoms with Crippen LogP contribution in [-0.4, -0.2) is 22.6 Å². The molecule has 0 aliphatic rings. The van der Waals surface area contributed by atoms with Gasteiger partial charge in [0.25, 0.3) is 5.69 Å². The van der Waals surface area contributed by atoms with Crippen LogP contribution in [0.25, 0.3) is 0 Å². The molecule has 0 spiro atoms. The summed E-state index contributed by atoms with van der Waals surface area (Å²) in [5.41, 5.74) is 1.13. The largest absolute Gasteiger partial charge is 0.493 e. The third-order valence-corrected chi connectivity index (χ3v) is 2.89. The zero-order chi connectivity index (χ0) is 15.2. The number of nitro groups is 1. The number of aromatic carboxylic acids is 1. The number of nitrogens with zero attached hydrogens (tertiary/aromatic N) is 1. The topological polar surface area (TPSA) is 89.7 Å². The van der Waals surface area contributed by atoms with Crippen molar-refractivity contribution < 1.29 is 19.6 Å². The Morgan fingerprint density at radius 2 is 1.90 bits per heavy atom. The van der Waals surface area contributed by atoms with E-state index in [2.05, 4.69) is 0 Å². The number of carbonyl (C=O) groups is 1. The van der Waals surface area contributed by atoms with Crippen molar-refractivity contribution in [1.82, 2.24) is 0 Å². The molecule has 2 aromatic carbocycles. The number of non-ortho nitro benzene ring substituents is 1. The number of carboxylic acids is 1. The van der Waals surface area contributed by atoms with Gasteiger partial charge in [0.1, 0.15) is 5.75 Å². The van der Waals surface area contributed by atoms with Crippen LogP contribution in [0, 0.1) is 10.1 Å². The molecule has 1 N–H and O–H groups in total. The van der Waals surface area contributed by atoms with E-state index in [4.69, 9.17) is 9.84 Å². The van der Waals surface area contributed by atoms with Gasteiger partial charge in [-0.3, -0.25) is 10.1 Å². The highest BCUT2D eigenvalue weighted by Crippen LogP contribution is 2.15. The fourth-order valence-corrected chi connectivity index (χ4v) is 1.79. The fourth-order valence-electron chi connectivity index (χ4n) is 1.79. The molecule has 2 aromatic rings. The molecule has 0 aromatic heterocycles. The monoisotopic (exact) mass is 287 g/mol. The summed E-state index contributed by atoms with van der Waals surface area (Å²) in [7, 11) is 0. The molecular weight excluding hydrogens is 274 g/mol. The first-order valence-corrected chi connectivity index (χ1v) is 6.26. The average Bonchev–Trinajstić information content (AvgIpc) is 2.48. The molecule has 6 nitrogen and oxygen atoms in total. The van der Waals surface area contributed by atoms with Gasteiger partial charge in [-0.05, 0) is 23.8 Å². The first-order valence-electron chi connectivity index (χ1n) is 6.26. The Morgan fingerprint density at radius 1 is 1.19 bits per heavy atom. The second kappa shape index (κ2) is 6.51. The van der Waals surface area contributed by atoms with E-state index < -0.39 is 10.9 Å². The molecule has 0 saturated heterocycles. The molecule has 0 aliphatic heterocycles. The molecule has 0 amide bonds. The highest BCUT2D eigenvalue weighted by molar-refractivity contribution is 5.87. The van der Waals surface area contributed by atoms with Crippen LogP contribution < -0.4 is 4.74 Å². The number of hydrogen-bond donors (Lipinski definition) is 1. The lowest BCUT2D eigenvalue weighted by atomic mass is 10.1. The van der Waals surface area contributed by atoms with Gasteiger partial charge in [-0.1, -0.05) is 18.2 Å². The normalized spacial score (nSPS) is 10.1. The summed E-state index contributed by atoms with van der Waals surface area (Å²) in [4.78, 5) is 20.9. The van der Waals surface area contributed by atoms with Gasteiger partial charge in [0.2, 0.25) is 0 Å². The first kappa shape index (κ1) is 14.5. The molecule has 0 bridgehead atoms. The Hall–Kier alpha value is -2.89. The number of hydrogen-bond acceptors (Lipinski definition) is 4. The summed E-state index contributed by atoms with van der Waals surface area (Å²) in [5, 5.41) is 19.4. The number of nitro benzene ring substituents is 1. The summed E-state index contributed by atoms with van der Waals surface area (Å²) < 4.78 is 5.48. The van der Waals surface area contributed by atoms with Crippen LogP contribution in [0.4, 0.5) is 5.69 Å². The van der Waals surface area contributed by atoms with E-state index in [0.717, 1.165) is 5.56 Å². The highest BCUT2D eigenvalue weighted by atomic mass is 16.6. The predicted molar refractivity (Wildman–Crippen MR) is 75.7 cm³/mol. The lowest BCUT2D eigenvalue weighted by molar-refractivity contribution is -0.384. The van der Waals surface area contributed by atoms with Crippen LogP contribution in [-0.2, 0) is 6.42 Å². The van der Waals surface area contributed by atoms with Crippen molar-refractivity contribution in [3.05, 3.63) is 69.8 Å². The van der Waals surface area contributed by atoms with Crippen molar-refractivity contribution in [2.24, 2.45) is 0 Å². The van der Waals surface area contributed by atoms with Crippen LogP contribution >= 0.6 is 0 Å². The molecule has 0 radical (unpaired) electrons. The number of carboxylic acid groups (broad SMARTS) is 1. The van der Waals surface area contributed by atoms with Gasteiger partial charge in [-0.2, -0.15) is 0 Å². The molecule has 6 heteroatoms. The second-order valence-corrected chi connectivity index (χ2v) is 4.36. The molecule has 21 heavy (non-hydrogen) atoms. The van der Waals surface area contributed by atoms with E-state index >= 15 is 0 Å². The Bertz CT molecular complexity index is 651. The molecular formula is C15H13NO5. The fraction of sp³-hybridized carbons (Fsp3) is 0.133. The molecule has 0 atom stereocenters. The van der Waals surface area contributed by atoms with E-state index in [-0.39, 0.29) is 11.3 Å². The van der Waals surface area contributed by atoms with Gasteiger partial charge in [0.05, 0.1) is 17.1 Å². The SMILES string of the molecule is O=C(O)c1cccc(OCCc2ccc([N+](=O)[O-])cc2)c1. The van der Waals surface area contributed by atoms with E-state index in [0.29, 0.717) is 18.8 Å². The number of rotatable bonds is 6. The van der Waals surface area contributed by atoms with Crippen LogP contribution in [0.5, 0.6) is 5.75 Å². The van der Waals surface area contributed by atoms with Crippen LogP contribution in [0.1, 0.15) is 15.9 Å². The van der Waals surface area contributed by atoms with Crippen LogP contribution in [0.3, 0.4) is 0 Å². The molecule has 0 fully saturated rings. The summed E-state index contributed by atoms with van der Waals surface area (Å²) >= 11 is 0. The van der Waals surface area contributed by atoms with E-state index in [1.807, 2.05) is 0 Å². The van der Waals surface area contributed by atoms with Crippen LogP contribution in [0.2, 0.25) is 0 Å². The van der Waals surface area contributed by atoms with Gasteiger partial charge < -0.3 is 9.84 Å². The number of ether oxygens (including phenoxy) is 1. The van der Waals surface area contributed by atoms with Crippen molar-refractivity contribution >= 4 is 11.7 Å². The van der Waals surface area contributed by atoms with Crippen molar-refractivity contribution in [3.8, 4) is 5.75 Å². The minimum atomic E-state index is -1.00. The van der Waals surface area contributed by atoms with Gasteiger partial charge in [0.15, 0.2) is 0 Å². The smallest absolute Gasteiger partial charge is 0.335 e. The summed E-state index contributed by atoms with van der Waals surface area (Å²) in [6.45, 7) is 0.362. The van der Waals surface area contributed by atoms with Crippen LogP contribution in [0.15, 0.2) is 48.5 Å². The highest BCUT2D eigenvalue weighted by Gasteiger charge is 2.05. The van der Waals surface area contributed by atoms with Gasteiger partial charge >= 0.3 is 5.97 Å². The van der Waals surface area contributed by atoms with E-state index in [9.17, 15) is 14.9 Å². The average molecular weight is 287 g/mol. The molecule has 0 saturated carbocycles. The first-order chi connectivity index (χ1) is 10.1. The van der Waals surface area contributed by atoms with E-state index in [1.165, 1.54) is 24.3 Å². The molecule has 2 rings (SSSR count). The zero-order valence-corrected chi connectivity index (χ0v) is 11.1. The van der Waals surface area contributed by atoms with Gasteiger partial charge in [-0.25, -0.2) is 4.79 Å². The third kappa shape index (κ3) is 4.04. The molecule has 0 heterocycles. The second-order valence-electron chi connectivity index (χ2n) is 4.36.